The van der Waals surface area contributed by atoms with Crippen molar-refractivity contribution in [3.8, 4) is 0 Å². The Morgan fingerprint density at radius 3 is 2.30 bits per heavy atom. The first kappa shape index (κ1) is 10.2. The highest BCUT2D eigenvalue weighted by atomic mass is 35.5. The van der Waals surface area contributed by atoms with Crippen molar-refractivity contribution < 1.29 is 13.0 Å². The van der Waals surface area contributed by atoms with Crippen molar-refractivity contribution >= 4 is 21.7 Å². The topological polar surface area (TPSA) is 54.0 Å². The van der Waals surface area contributed by atoms with Crippen LogP contribution in [0, 0.1) is 0 Å². The molecule has 1 radical (unpaired) electrons. The smallest absolute Gasteiger partial charge is 0.195 e. The second kappa shape index (κ2) is 4.16. The Balaban J connectivity index is 3.75. The lowest BCUT2D eigenvalue weighted by atomic mass is 10.3. The average molecular weight is 186 g/mol. The van der Waals surface area contributed by atoms with Crippen molar-refractivity contribution in [2.75, 3.05) is 0 Å². The van der Waals surface area contributed by atoms with Crippen LogP contribution < -0.4 is 0 Å². The maximum atomic E-state index is 10.1. The molecule has 0 aromatic heterocycles. The van der Waals surface area contributed by atoms with Crippen LogP contribution in [0.4, 0.5) is 0 Å². The molecule has 0 rings (SSSR count). The minimum Gasteiger partial charge on any atom is -0.195 e. The lowest BCUT2D eigenvalue weighted by Crippen LogP contribution is -2.11. The van der Waals surface area contributed by atoms with Crippen molar-refractivity contribution in [3.63, 3.8) is 0 Å². The second-order valence-electron chi connectivity index (χ2n) is 2.05. The van der Waals surface area contributed by atoms with Crippen molar-refractivity contribution in [2.24, 2.45) is 0 Å². The summed E-state index contributed by atoms with van der Waals surface area (Å²) in [5.74, 6) is 0. The Kier molecular flexibility index (Phi) is 4.24. The molecule has 3 nitrogen and oxygen atoms in total. The first-order valence-electron chi connectivity index (χ1n) is 3.07. The molecule has 0 heterocycles. The molecule has 0 spiro atoms. The minimum atomic E-state index is -4.26. The van der Waals surface area contributed by atoms with Gasteiger partial charge in [-0.1, -0.05) is 24.3 Å². The molecule has 1 unspecified atom stereocenters. The van der Waals surface area contributed by atoms with Crippen molar-refractivity contribution in [3.05, 3.63) is 0 Å². The Morgan fingerprint density at radius 1 is 1.50 bits per heavy atom. The molecule has 0 aliphatic carbocycles. The molecular formula is C5H10ClO3S. The van der Waals surface area contributed by atoms with Gasteiger partial charge in [0.25, 0.3) is 0 Å². The summed E-state index contributed by atoms with van der Waals surface area (Å²) in [6.45, 7) is 1.90. The number of hydrogen-bond acceptors (Lipinski definition) is 2. The molecule has 10 heavy (non-hydrogen) atoms. The lowest BCUT2D eigenvalue weighted by molar-refractivity contribution is 0.408. The number of hydrogen-bond donors (Lipinski definition) is 0. The van der Waals surface area contributed by atoms with E-state index in [2.05, 4.69) is 0 Å². The second-order valence-corrected chi connectivity index (χ2v) is 4.39. The molecule has 1 atom stereocenters. The van der Waals surface area contributed by atoms with Gasteiger partial charge in [-0.2, -0.15) is 8.42 Å². The van der Waals surface area contributed by atoms with Gasteiger partial charge < -0.3 is 0 Å². The largest absolute Gasteiger partial charge is 0.311 e. The van der Waals surface area contributed by atoms with Crippen LogP contribution in [0.1, 0.15) is 26.2 Å². The molecule has 0 aromatic rings. The van der Waals surface area contributed by atoms with Crippen LogP contribution in [0.15, 0.2) is 0 Å². The van der Waals surface area contributed by atoms with Gasteiger partial charge in [0.1, 0.15) is 0 Å². The van der Waals surface area contributed by atoms with E-state index in [-0.39, 0.29) is 6.42 Å². The van der Waals surface area contributed by atoms with Crippen LogP contribution >= 0.6 is 11.6 Å². The van der Waals surface area contributed by atoms with E-state index in [1.165, 1.54) is 0 Å². The summed E-state index contributed by atoms with van der Waals surface area (Å²) in [4.78, 5) is 0. The van der Waals surface area contributed by atoms with Crippen LogP contribution in [-0.4, -0.2) is 13.1 Å². The van der Waals surface area contributed by atoms with Gasteiger partial charge in [-0.05, 0) is 6.42 Å². The molecule has 0 saturated carbocycles. The summed E-state index contributed by atoms with van der Waals surface area (Å²) < 4.78 is 29.2. The maximum Gasteiger partial charge on any atom is 0.311 e. The van der Waals surface area contributed by atoms with Gasteiger partial charge in [0.2, 0.25) is 0 Å². The number of rotatable bonds is 4. The van der Waals surface area contributed by atoms with Crippen LogP contribution in [-0.2, 0) is 14.7 Å². The fourth-order valence-electron chi connectivity index (χ4n) is 0.509. The van der Waals surface area contributed by atoms with E-state index < -0.39 is 14.8 Å². The molecule has 0 saturated heterocycles. The molecule has 0 aromatic carbocycles. The third kappa shape index (κ3) is 4.09. The summed E-state index contributed by atoms with van der Waals surface area (Å²) in [6, 6.07) is 0. The maximum absolute atomic E-state index is 10.1. The molecule has 61 valence electrons. The van der Waals surface area contributed by atoms with E-state index in [0.717, 1.165) is 6.42 Å². The molecule has 0 bridgehead atoms. The van der Waals surface area contributed by atoms with E-state index in [9.17, 15) is 13.0 Å². The van der Waals surface area contributed by atoms with Gasteiger partial charge in [0, 0.05) is 0 Å². The summed E-state index contributed by atoms with van der Waals surface area (Å²) in [6.07, 6.45) is 1.78. The third-order valence-corrected chi connectivity index (χ3v) is 2.83. The van der Waals surface area contributed by atoms with Crippen LogP contribution in [0.5, 0.6) is 0 Å². The highest BCUT2D eigenvalue weighted by Gasteiger charge is 2.20. The average Bonchev–Trinajstić information content (AvgIpc) is 1.80. The van der Waals surface area contributed by atoms with Crippen molar-refractivity contribution in [1.82, 2.24) is 0 Å². The lowest BCUT2D eigenvalue weighted by Gasteiger charge is -2.01. The van der Waals surface area contributed by atoms with Gasteiger partial charge in [0.15, 0.2) is 4.71 Å². The van der Waals surface area contributed by atoms with Crippen LogP contribution in [0.25, 0.3) is 0 Å². The zero-order valence-corrected chi connectivity index (χ0v) is 7.28. The standard InChI is InChI=1S/C5H10ClO3S/c1-2-3-4-5(6)10(7,8)9/h5H,2-4H2,1H3. The molecule has 0 fully saturated rings. The molecule has 0 N–H and O–H groups in total. The minimum absolute atomic E-state index is 0.254. The zero-order valence-electron chi connectivity index (χ0n) is 5.71. The SMILES string of the molecule is CCCCC(Cl)S([O])(=O)=O. The van der Waals surface area contributed by atoms with E-state index in [0.29, 0.717) is 6.42 Å². The quantitative estimate of drug-likeness (QED) is 0.624. The molecule has 0 aliphatic rings. The van der Waals surface area contributed by atoms with E-state index in [4.69, 9.17) is 11.6 Å². The van der Waals surface area contributed by atoms with Gasteiger partial charge in [-0.3, -0.25) is 0 Å². The van der Waals surface area contributed by atoms with Gasteiger partial charge >= 0.3 is 10.1 Å². The Labute approximate surface area is 66.1 Å². The zero-order chi connectivity index (χ0) is 8.20. The number of halogens is 1. The highest BCUT2D eigenvalue weighted by molar-refractivity contribution is 7.87. The highest BCUT2D eigenvalue weighted by Crippen LogP contribution is 2.12. The predicted octanol–water partition coefficient (Wildman–Crippen LogP) is 1.50. The predicted molar refractivity (Wildman–Crippen MR) is 38.8 cm³/mol. The third-order valence-electron chi connectivity index (χ3n) is 1.10. The first-order chi connectivity index (χ1) is 4.48. The normalized spacial score (nSPS) is 15.1. The first-order valence-corrected chi connectivity index (χ1v) is 4.98. The van der Waals surface area contributed by atoms with Crippen molar-refractivity contribution in [1.29, 1.82) is 0 Å². The Bertz CT molecular complexity index is 175. The number of unbranched alkanes of at least 4 members (excludes halogenated alkanes) is 1. The monoisotopic (exact) mass is 185 g/mol. The Morgan fingerprint density at radius 2 is 2.00 bits per heavy atom. The van der Waals surface area contributed by atoms with Crippen LogP contribution in [0.2, 0.25) is 0 Å². The molecule has 0 aliphatic heterocycles. The van der Waals surface area contributed by atoms with E-state index >= 15 is 0 Å². The molecule has 0 amide bonds. The summed E-state index contributed by atoms with van der Waals surface area (Å²) in [7, 11) is -4.26. The van der Waals surface area contributed by atoms with E-state index in [1.807, 2.05) is 6.92 Å². The fraction of sp³-hybridized carbons (Fsp3) is 1.00. The van der Waals surface area contributed by atoms with E-state index in [1.54, 1.807) is 0 Å². The number of alkyl halides is 1. The summed E-state index contributed by atoms with van der Waals surface area (Å²) >= 11 is 5.24. The Hall–Kier alpha value is 0.200. The molecular weight excluding hydrogens is 176 g/mol. The van der Waals surface area contributed by atoms with Crippen LogP contribution in [0.3, 0.4) is 0 Å². The van der Waals surface area contributed by atoms with Gasteiger partial charge in [0.05, 0.1) is 0 Å². The molecule has 5 heteroatoms. The van der Waals surface area contributed by atoms with Crippen molar-refractivity contribution in [2.45, 2.75) is 30.9 Å². The van der Waals surface area contributed by atoms with Gasteiger partial charge in [-0.25, -0.2) is 0 Å². The summed E-state index contributed by atoms with van der Waals surface area (Å²) in [5, 5.41) is 0. The van der Waals surface area contributed by atoms with Gasteiger partial charge in [-0.15, -0.1) is 11.6 Å². The fourth-order valence-corrected chi connectivity index (χ4v) is 1.12. The summed E-state index contributed by atoms with van der Waals surface area (Å²) in [5.41, 5.74) is 0.